The summed E-state index contributed by atoms with van der Waals surface area (Å²) < 4.78 is 0. The highest BCUT2D eigenvalue weighted by atomic mass is 35.5. The van der Waals surface area contributed by atoms with Gasteiger partial charge in [0.25, 0.3) is 0 Å². The summed E-state index contributed by atoms with van der Waals surface area (Å²) in [5, 5.41) is 4.15. The normalized spacial score (nSPS) is 23.1. The van der Waals surface area contributed by atoms with Crippen LogP contribution in [0.4, 0.5) is 0 Å². The number of hydrogen-bond acceptors (Lipinski definition) is 1. The highest BCUT2D eigenvalue weighted by molar-refractivity contribution is 6.42. The van der Waals surface area contributed by atoms with Crippen LogP contribution in [0.5, 0.6) is 0 Å². The van der Waals surface area contributed by atoms with Crippen molar-refractivity contribution < 1.29 is 4.79 Å². The topological polar surface area (TPSA) is 29.1 Å². The van der Waals surface area contributed by atoms with Crippen molar-refractivity contribution in [3.05, 3.63) is 33.8 Å². The fourth-order valence-electron chi connectivity index (χ4n) is 2.62. The van der Waals surface area contributed by atoms with E-state index in [0.717, 1.165) is 12.0 Å². The van der Waals surface area contributed by atoms with E-state index in [1.807, 2.05) is 6.07 Å². The van der Waals surface area contributed by atoms with Gasteiger partial charge in [0.05, 0.1) is 16.5 Å². The SMILES string of the molecule is C[C@H]1CCCC[C@@H]1NC(=O)Cc1ccc(Cl)c(Cl)c1. The highest BCUT2D eigenvalue weighted by Crippen LogP contribution is 2.25. The van der Waals surface area contributed by atoms with E-state index < -0.39 is 0 Å². The van der Waals surface area contributed by atoms with Crippen molar-refractivity contribution in [3.63, 3.8) is 0 Å². The summed E-state index contributed by atoms with van der Waals surface area (Å²) >= 11 is 11.8. The molecule has 1 aliphatic carbocycles. The third-order valence-corrected chi connectivity index (χ3v) is 4.55. The summed E-state index contributed by atoms with van der Waals surface area (Å²) in [5.41, 5.74) is 0.898. The second-order valence-electron chi connectivity index (χ2n) is 5.36. The molecular weight excluding hydrogens is 281 g/mol. The van der Waals surface area contributed by atoms with Gasteiger partial charge in [0, 0.05) is 6.04 Å². The molecule has 0 aromatic heterocycles. The first kappa shape index (κ1) is 14.7. The third-order valence-electron chi connectivity index (χ3n) is 3.81. The molecule has 1 saturated carbocycles. The van der Waals surface area contributed by atoms with Gasteiger partial charge >= 0.3 is 0 Å². The van der Waals surface area contributed by atoms with Gasteiger partial charge in [0.1, 0.15) is 0 Å². The first-order chi connectivity index (χ1) is 9.06. The van der Waals surface area contributed by atoms with E-state index in [1.165, 1.54) is 19.3 Å². The fraction of sp³-hybridized carbons (Fsp3) is 0.533. The number of amides is 1. The molecule has 1 aromatic rings. The lowest BCUT2D eigenvalue weighted by atomic mass is 9.86. The van der Waals surface area contributed by atoms with Crippen molar-refractivity contribution in [1.82, 2.24) is 5.32 Å². The molecule has 2 nitrogen and oxygen atoms in total. The van der Waals surface area contributed by atoms with E-state index in [4.69, 9.17) is 23.2 Å². The monoisotopic (exact) mass is 299 g/mol. The van der Waals surface area contributed by atoms with Crippen molar-refractivity contribution in [1.29, 1.82) is 0 Å². The molecule has 4 heteroatoms. The molecule has 1 amide bonds. The number of halogens is 2. The zero-order valence-electron chi connectivity index (χ0n) is 11.1. The smallest absolute Gasteiger partial charge is 0.224 e. The largest absolute Gasteiger partial charge is 0.353 e. The Kier molecular flexibility index (Phi) is 5.12. The minimum absolute atomic E-state index is 0.0668. The minimum Gasteiger partial charge on any atom is -0.353 e. The Balaban J connectivity index is 1.91. The lowest BCUT2D eigenvalue weighted by Crippen LogP contribution is -2.41. The molecule has 2 atom stereocenters. The third kappa shape index (κ3) is 4.12. The Labute approximate surface area is 124 Å². The van der Waals surface area contributed by atoms with Crippen LogP contribution in [0.3, 0.4) is 0 Å². The quantitative estimate of drug-likeness (QED) is 0.889. The van der Waals surface area contributed by atoms with E-state index in [1.54, 1.807) is 12.1 Å². The Morgan fingerprint density at radius 1 is 1.26 bits per heavy atom. The van der Waals surface area contributed by atoms with E-state index in [0.29, 0.717) is 28.4 Å². The average Bonchev–Trinajstić information content (AvgIpc) is 2.37. The van der Waals surface area contributed by atoms with Crippen LogP contribution in [0.2, 0.25) is 10.0 Å². The predicted octanol–water partition coefficient (Wildman–Crippen LogP) is 4.23. The van der Waals surface area contributed by atoms with E-state index in [9.17, 15) is 4.79 Å². The Bertz CT molecular complexity index is 461. The van der Waals surface area contributed by atoms with E-state index in [2.05, 4.69) is 12.2 Å². The van der Waals surface area contributed by atoms with Crippen LogP contribution in [0.15, 0.2) is 18.2 Å². The zero-order valence-corrected chi connectivity index (χ0v) is 12.6. The number of nitrogens with one attached hydrogen (secondary N) is 1. The molecule has 0 unspecified atom stereocenters. The lowest BCUT2D eigenvalue weighted by molar-refractivity contribution is -0.121. The number of carbonyl (C=O) groups excluding carboxylic acids is 1. The van der Waals surface area contributed by atoms with Crippen LogP contribution in [-0.4, -0.2) is 11.9 Å². The first-order valence-electron chi connectivity index (χ1n) is 6.79. The summed E-state index contributed by atoms with van der Waals surface area (Å²) in [4.78, 5) is 12.0. The van der Waals surface area contributed by atoms with E-state index >= 15 is 0 Å². The molecule has 0 saturated heterocycles. The maximum atomic E-state index is 12.0. The first-order valence-corrected chi connectivity index (χ1v) is 7.55. The molecule has 104 valence electrons. The standard InChI is InChI=1S/C15H19Cl2NO/c1-10-4-2-3-5-14(10)18-15(19)9-11-6-7-12(16)13(17)8-11/h6-8,10,14H,2-5,9H2,1H3,(H,18,19)/t10-,14-/m0/s1. The Morgan fingerprint density at radius 2 is 2.00 bits per heavy atom. The molecule has 2 rings (SSSR count). The fourth-order valence-corrected chi connectivity index (χ4v) is 2.94. The van der Waals surface area contributed by atoms with Crippen LogP contribution >= 0.6 is 23.2 Å². The second kappa shape index (κ2) is 6.62. The molecule has 0 radical (unpaired) electrons. The molecule has 0 heterocycles. The Morgan fingerprint density at radius 3 is 2.68 bits per heavy atom. The number of carbonyl (C=O) groups is 1. The number of benzene rings is 1. The molecule has 1 fully saturated rings. The maximum absolute atomic E-state index is 12.0. The van der Waals surface area contributed by atoms with Crippen molar-refractivity contribution >= 4 is 29.1 Å². The lowest BCUT2D eigenvalue weighted by Gasteiger charge is -2.29. The summed E-state index contributed by atoms with van der Waals surface area (Å²) in [5.74, 6) is 0.642. The van der Waals surface area contributed by atoms with Gasteiger partial charge in [-0.1, -0.05) is 49.0 Å². The van der Waals surface area contributed by atoms with Gasteiger partial charge < -0.3 is 5.32 Å². The van der Waals surface area contributed by atoms with Crippen LogP contribution < -0.4 is 5.32 Å². The molecule has 1 aliphatic rings. The predicted molar refractivity (Wildman–Crippen MR) is 79.7 cm³/mol. The summed E-state index contributed by atoms with van der Waals surface area (Å²) in [6, 6.07) is 5.66. The molecule has 1 N–H and O–H groups in total. The van der Waals surface area contributed by atoms with Gasteiger partial charge in [0.15, 0.2) is 0 Å². The van der Waals surface area contributed by atoms with Crippen LogP contribution in [0.25, 0.3) is 0 Å². The molecule has 0 spiro atoms. The van der Waals surface area contributed by atoms with Gasteiger partial charge in [-0.25, -0.2) is 0 Å². The number of hydrogen-bond donors (Lipinski definition) is 1. The molecule has 1 aromatic carbocycles. The average molecular weight is 300 g/mol. The van der Waals surface area contributed by atoms with E-state index in [-0.39, 0.29) is 5.91 Å². The Hall–Kier alpha value is -0.730. The van der Waals surface area contributed by atoms with Gasteiger partial charge in [-0.15, -0.1) is 0 Å². The van der Waals surface area contributed by atoms with Gasteiger partial charge in [-0.3, -0.25) is 4.79 Å². The molecule has 0 bridgehead atoms. The van der Waals surface area contributed by atoms with Crippen LogP contribution in [-0.2, 0) is 11.2 Å². The van der Waals surface area contributed by atoms with Crippen LogP contribution in [0, 0.1) is 5.92 Å². The minimum atomic E-state index is 0.0668. The van der Waals surface area contributed by atoms with Crippen LogP contribution in [0.1, 0.15) is 38.2 Å². The highest BCUT2D eigenvalue weighted by Gasteiger charge is 2.22. The summed E-state index contributed by atoms with van der Waals surface area (Å²) in [7, 11) is 0. The van der Waals surface area contributed by atoms with Gasteiger partial charge in [0.2, 0.25) is 5.91 Å². The summed E-state index contributed by atoms with van der Waals surface area (Å²) in [6.45, 7) is 2.21. The second-order valence-corrected chi connectivity index (χ2v) is 6.18. The van der Waals surface area contributed by atoms with Gasteiger partial charge in [-0.05, 0) is 36.5 Å². The number of rotatable bonds is 3. The van der Waals surface area contributed by atoms with Gasteiger partial charge in [-0.2, -0.15) is 0 Å². The molecule has 0 aliphatic heterocycles. The van der Waals surface area contributed by atoms with Crippen molar-refractivity contribution in [2.24, 2.45) is 5.92 Å². The maximum Gasteiger partial charge on any atom is 0.224 e. The van der Waals surface area contributed by atoms with Crippen molar-refractivity contribution in [2.75, 3.05) is 0 Å². The summed E-state index contributed by atoms with van der Waals surface area (Å²) in [6.07, 6.45) is 5.15. The molecule has 19 heavy (non-hydrogen) atoms. The zero-order chi connectivity index (χ0) is 13.8. The molecular formula is C15H19Cl2NO. The van der Waals surface area contributed by atoms with Crippen molar-refractivity contribution in [2.45, 2.75) is 45.1 Å². The van der Waals surface area contributed by atoms with Crippen molar-refractivity contribution in [3.8, 4) is 0 Å².